The number of rotatable bonds is 6. The first kappa shape index (κ1) is 18.3. The van der Waals surface area contributed by atoms with Gasteiger partial charge in [0.25, 0.3) is 10.0 Å². The Balaban J connectivity index is 2.01. The van der Waals surface area contributed by atoms with Crippen LogP contribution in [0.4, 0.5) is 10.2 Å². The van der Waals surface area contributed by atoms with Gasteiger partial charge in [-0.3, -0.25) is 0 Å². The first-order valence-electron chi connectivity index (χ1n) is 7.58. The van der Waals surface area contributed by atoms with Crippen LogP contribution in [0.5, 0.6) is 5.75 Å². The lowest BCUT2D eigenvalue weighted by molar-refractivity contribution is 0.414. The minimum atomic E-state index is -4.01. The SMILES string of the molecule is COc1ccc(CN(c2cscn2)S(=O)(=O)c2cc(C)c(F)cn2)cc1. The lowest BCUT2D eigenvalue weighted by atomic mass is 10.2. The average Bonchev–Trinajstić information content (AvgIpc) is 3.16. The average molecular weight is 393 g/mol. The molecule has 26 heavy (non-hydrogen) atoms. The summed E-state index contributed by atoms with van der Waals surface area (Å²) in [5.41, 5.74) is 2.51. The molecule has 9 heteroatoms. The summed E-state index contributed by atoms with van der Waals surface area (Å²) in [5, 5.41) is 1.41. The topological polar surface area (TPSA) is 72.4 Å². The fraction of sp³-hybridized carbons (Fsp3) is 0.176. The quantitative estimate of drug-likeness (QED) is 0.642. The molecule has 0 saturated carbocycles. The Morgan fingerprint density at radius 3 is 2.54 bits per heavy atom. The maximum atomic E-state index is 13.5. The molecule has 0 radical (unpaired) electrons. The second-order valence-electron chi connectivity index (χ2n) is 5.48. The van der Waals surface area contributed by atoms with E-state index in [9.17, 15) is 12.8 Å². The van der Waals surface area contributed by atoms with Crippen LogP contribution in [0.1, 0.15) is 11.1 Å². The van der Waals surface area contributed by atoms with E-state index < -0.39 is 15.8 Å². The van der Waals surface area contributed by atoms with Crippen LogP contribution < -0.4 is 9.04 Å². The fourth-order valence-electron chi connectivity index (χ4n) is 2.28. The third kappa shape index (κ3) is 3.68. The van der Waals surface area contributed by atoms with Gasteiger partial charge in [0.2, 0.25) is 0 Å². The molecule has 0 aliphatic heterocycles. The minimum absolute atomic E-state index is 0.0637. The van der Waals surface area contributed by atoms with Gasteiger partial charge in [-0.25, -0.2) is 18.7 Å². The van der Waals surface area contributed by atoms with Gasteiger partial charge in [-0.15, -0.1) is 11.3 Å². The second-order valence-corrected chi connectivity index (χ2v) is 8.01. The highest BCUT2D eigenvalue weighted by Crippen LogP contribution is 2.26. The third-order valence-corrected chi connectivity index (χ3v) is 5.96. The highest BCUT2D eigenvalue weighted by Gasteiger charge is 2.28. The van der Waals surface area contributed by atoms with Crippen LogP contribution in [-0.4, -0.2) is 25.5 Å². The largest absolute Gasteiger partial charge is 0.497 e. The number of thiazole rings is 1. The maximum Gasteiger partial charge on any atom is 0.283 e. The summed E-state index contributed by atoms with van der Waals surface area (Å²) in [7, 11) is -2.45. The minimum Gasteiger partial charge on any atom is -0.497 e. The van der Waals surface area contributed by atoms with Crippen molar-refractivity contribution in [3.63, 3.8) is 0 Å². The molecule has 0 aliphatic rings. The Morgan fingerprint density at radius 1 is 1.23 bits per heavy atom. The van der Waals surface area contributed by atoms with Crippen molar-refractivity contribution in [1.82, 2.24) is 9.97 Å². The number of pyridine rings is 1. The molecule has 1 aromatic carbocycles. The molecule has 0 spiro atoms. The van der Waals surface area contributed by atoms with Crippen molar-refractivity contribution < 1.29 is 17.5 Å². The number of methoxy groups -OCH3 is 1. The molecular weight excluding hydrogens is 377 g/mol. The summed E-state index contributed by atoms with van der Waals surface area (Å²) in [6, 6.07) is 8.27. The summed E-state index contributed by atoms with van der Waals surface area (Å²) in [5.74, 6) is 0.404. The van der Waals surface area contributed by atoms with E-state index in [-0.39, 0.29) is 23.0 Å². The summed E-state index contributed by atoms with van der Waals surface area (Å²) in [6.45, 7) is 1.56. The number of aryl methyl sites for hydroxylation is 1. The zero-order valence-electron chi connectivity index (χ0n) is 14.1. The molecule has 136 valence electrons. The molecule has 2 heterocycles. The van der Waals surface area contributed by atoms with E-state index in [2.05, 4.69) is 9.97 Å². The first-order chi connectivity index (χ1) is 12.4. The number of benzene rings is 1. The predicted octanol–water partition coefficient (Wildman–Crippen LogP) is 3.39. The van der Waals surface area contributed by atoms with Gasteiger partial charge < -0.3 is 4.74 Å². The van der Waals surface area contributed by atoms with Crippen LogP contribution >= 0.6 is 11.3 Å². The van der Waals surface area contributed by atoms with Crippen LogP contribution in [-0.2, 0) is 16.6 Å². The van der Waals surface area contributed by atoms with Gasteiger partial charge >= 0.3 is 0 Å². The molecule has 0 atom stereocenters. The molecule has 0 bridgehead atoms. The molecular formula is C17H16FN3O3S2. The van der Waals surface area contributed by atoms with E-state index >= 15 is 0 Å². The fourth-order valence-corrected chi connectivity index (χ4v) is 4.29. The van der Waals surface area contributed by atoms with Crippen molar-refractivity contribution in [3.8, 4) is 5.75 Å². The lowest BCUT2D eigenvalue weighted by Gasteiger charge is -2.22. The number of anilines is 1. The summed E-state index contributed by atoms with van der Waals surface area (Å²) in [6.07, 6.45) is 0.912. The first-order valence-corrected chi connectivity index (χ1v) is 9.96. The Bertz CT molecular complexity index is 991. The van der Waals surface area contributed by atoms with E-state index in [4.69, 9.17) is 4.74 Å². The van der Waals surface area contributed by atoms with Gasteiger partial charge in [-0.2, -0.15) is 8.42 Å². The molecule has 0 unspecified atom stereocenters. The standard InChI is InChI=1S/C17H16FN3O3S2/c1-12-7-17(19-8-15(12)18)26(22,23)21(16-10-25-11-20-16)9-13-3-5-14(24-2)6-4-13/h3-8,10-11H,9H2,1-2H3. The van der Waals surface area contributed by atoms with Gasteiger partial charge in [0, 0.05) is 5.38 Å². The Hall–Kier alpha value is -2.52. The number of hydrogen-bond acceptors (Lipinski definition) is 6. The normalized spacial score (nSPS) is 11.3. The molecule has 2 aromatic heterocycles. The third-order valence-electron chi connectivity index (χ3n) is 3.74. The van der Waals surface area contributed by atoms with Crippen molar-refractivity contribution >= 4 is 27.2 Å². The molecule has 6 nitrogen and oxygen atoms in total. The van der Waals surface area contributed by atoms with Crippen LogP contribution in [0.15, 0.2) is 52.4 Å². The van der Waals surface area contributed by atoms with Gasteiger partial charge in [-0.1, -0.05) is 12.1 Å². The van der Waals surface area contributed by atoms with Crippen LogP contribution in [0.2, 0.25) is 0 Å². The molecule has 0 saturated heterocycles. The monoisotopic (exact) mass is 393 g/mol. The molecule has 3 aromatic rings. The smallest absolute Gasteiger partial charge is 0.283 e. The van der Waals surface area contributed by atoms with Crippen LogP contribution in [0.25, 0.3) is 0 Å². The molecule has 3 rings (SSSR count). The van der Waals surface area contributed by atoms with Crippen molar-refractivity contribution in [2.24, 2.45) is 0 Å². The zero-order chi connectivity index (χ0) is 18.7. The number of hydrogen-bond donors (Lipinski definition) is 0. The Morgan fingerprint density at radius 2 is 1.96 bits per heavy atom. The Kier molecular flexibility index (Phi) is 5.19. The van der Waals surface area contributed by atoms with E-state index in [1.54, 1.807) is 42.3 Å². The highest BCUT2D eigenvalue weighted by atomic mass is 32.2. The van der Waals surface area contributed by atoms with Crippen LogP contribution in [0, 0.1) is 12.7 Å². The van der Waals surface area contributed by atoms with Crippen molar-refractivity contribution in [2.75, 3.05) is 11.4 Å². The molecule has 0 aliphatic carbocycles. The summed E-state index contributed by atoms with van der Waals surface area (Å²) >= 11 is 1.28. The molecule has 0 fully saturated rings. The summed E-state index contributed by atoms with van der Waals surface area (Å²) in [4.78, 5) is 7.88. The van der Waals surface area contributed by atoms with E-state index in [0.29, 0.717) is 5.75 Å². The van der Waals surface area contributed by atoms with Gasteiger partial charge in [0.1, 0.15) is 11.6 Å². The number of ether oxygens (including phenoxy) is 1. The molecule has 0 amide bonds. The predicted molar refractivity (Wildman–Crippen MR) is 97.4 cm³/mol. The van der Waals surface area contributed by atoms with Crippen molar-refractivity contribution in [1.29, 1.82) is 0 Å². The van der Waals surface area contributed by atoms with Crippen LogP contribution in [0.3, 0.4) is 0 Å². The van der Waals surface area contributed by atoms with E-state index in [0.717, 1.165) is 16.1 Å². The molecule has 0 N–H and O–H groups in total. The number of nitrogens with zero attached hydrogens (tertiary/aromatic N) is 3. The van der Waals surface area contributed by atoms with Crippen molar-refractivity contribution in [2.45, 2.75) is 18.5 Å². The maximum absolute atomic E-state index is 13.5. The van der Waals surface area contributed by atoms with Gasteiger partial charge in [0.15, 0.2) is 10.8 Å². The Labute approximate surface area is 155 Å². The number of sulfonamides is 1. The number of aromatic nitrogens is 2. The number of halogens is 1. The van der Waals surface area contributed by atoms with E-state index in [1.165, 1.54) is 24.3 Å². The highest BCUT2D eigenvalue weighted by molar-refractivity contribution is 7.92. The summed E-state index contributed by atoms with van der Waals surface area (Å²) < 4.78 is 46.0. The lowest BCUT2D eigenvalue weighted by Crippen LogP contribution is -2.31. The zero-order valence-corrected chi connectivity index (χ0v) is 15.7. The second kappa shape index (κ2) is 7.38. The van der Waals surface area contributed by atoms with Gasteiger partial charge in [0.05, 0.1) is 25.4 Å². The van der Waals surface area contributed by atoms with Crippen molar-refractivity contribution in [3.05, 3.63) is 64.4 Å². The van der Waals surface area contributed by atoms with E-state index in [1.807, 2.05) is 0 Å². The van der Waals surface area contributed by atoms with Gasteiger partial charge in [-0.05, 0) is 36.2 Å².